The molecule has 2 rings (SSSR count). The molecule has 1 aromatic heterocycles. The quantitative estimate of drug-likeness (QED) is 0.319. The Bertz CT molecular complexity index is 794. The SMILES string of the molecule is COCCOCCOC(=O)NC(C(=O)NC1CCc2ocnc2CNC(=O)C1=O)C(C)C. The topological polar surface area (TPSA) is 158 Å². The number of hydrogen-bond acceptors (Lipinski definition) is 9. The van der Waals surface area contributed by atoms with Gasteiger partial charge < -0.3 is 34.6 Å². The monoisotopic (exact) mass is 454 g/mol. The highest BCUT2D eigenvalue weighted by Crippen LogP contribution is 2.14. The van der Waals surface area contributed by atoms with Crippen LogP contribution in [0.2, 0.25) is 0 Å². The fourth-order valence-electron chi connectivity index (χ4n) is 3.00. The van der Waals surface area contributed by atoms with Crippen molar-refractivity contribution in [2.45, 2.75) is 45.3 Å². The molecule has 1 aromatic rings. The predicted octanol–water partition coefficient (Wildman–Crippen LogP) is -0.295. The number of alkyl carbamates (subject to hydrolysis) is 1. The number of methoxy groups -OCH3 is 1. The minimum Gasteiger partial charge on any atom is -0.448 e. The van der Waals surface area contributed by atoms with E-state index < -0.39 is 35.8 Å². The Kier molecular flexibility index (Phi) is 10.1. The smallest absolute Gasteiger partial charge is 0.407 e. The lowest BCUT2D eigenvalue weighted by molar-refractivity contribution is -0.140. The number of carbonyl (C=O) groups is 4. The average molecular weight is 454 g/mol. The van der Waals surface area contributed by atoms with Crippen LogP contribution in [-0.2, 0) is 41.6 Å². The molecule has 0 radical (unpaired) electrons. The standard InChI is InChI=1S/C20H30N4O8/c1-12(2)16(24-20(28)31-9-8-30-7-6-29-3)18(26)23-13-4-5-15-14(22-11-32-15)10-21-19(27)17(13)25/h11-13,16H,4-10H2,1-3H3,(H,21,27)(H,23,26)(H,24,28). The van der Waals surface area contributed by atoms with Gasteiger partial charge in [0, 0.05) is 13.5 Å². The third-order valence-corrected chi connectivity index (χ3v) is 4.77. The van der Waals surface area contributed by atoms with Gasteiger partial charge in [0.2, 0.25) is 11.7 Å². The number of nitrogens with zero attached hydrogens (tertiary/aromatic N) is 1. The molecule has 0 saturated carbocycles. The fraction of sp³-hybridized carbons (Fsp3) is 0.650. The van der Waals surface area contributed by atoms with E-state index >= 15 is 0 Å². The normalized spacial score (nSPS) is 17.4. The summed E-state index contributed by atoms with van der Waals surface area (Å²) < 4.78 is 20.4. The molecule has 0 aromatic carbocycles. The molecule has 0 bridgehead atoms. The minimum absolute atomic E-state index is 0.00276. The Morgan fingerprint density at radius 3 is 2.72 bits per heavy atom. The van der Waals surface area contributed by atoms with Crippen LogP contribution in [0.15, 0.2) is 10.8 Å². The first-order chi connectivity index (χ1) is 15.3. The van der Waals surface area contributed by atoms with Gasteiger partial charge in [-0.1, -0.05) is 13.8 Å². The summed E-state index contributed by atoms with van der Waals surface area (Å²) in [6.45, 7) is 4.52. The van der Waals surface area contributed by atoms with Crippen molar-refractivity contribution < 1.29 is 37.8 Å². The van der Waals surface area contributed by atoms with E-state index in [2.05, 4.69) is 20.9 Å². The maximum absolute atomic E-state index is 12.8. The maximum atomic E-state index is 12.8. The molecule has 0 spiro atoms. The van der Waals surface area contributed by atoms with E-state index in [0.29, 0.717) is 31.1 Å². The summed E-state index contributed by atoms with van der Waals surface area (Å²) in [5.41, 5.74) is 0.536. The van der Waals surface area contributed by atoms with Gasteiger partial charge in [0.05, 0.1) is 32.4 Å². The summed E-state index contributed by atoms with van der Waals surface area (Å²) >= 11 is 0. The Morgan fingerprint density at radius 1 is 1.25 bits per heavy atom. The molecule has 3 N–H and O–H groups in total. The van der Waals surface area contributed by atoms with Crippen LogP contribution in [-0.4, -0.2) is 74.3 Å². The van der Waals surface area contributed by atoms with Crippen LogP contribution in [0.25, 0.3) is 0 Å². The van der Waals surface area contributed by atoms with Crippen molar-refractivity contribution >= 4 is 23.7 Å². The molecule has 32 heavy (non-hydrogen) atoms. The van der Waals surface area contributed by atoms with Crippen LogP contribution >= 0.6 is 0 Å². The number of aryl methyl sites for hydroxylation is 1. The molecule has 12 nitrogen and oxygen atoms in total. The van der Waals surface area contributed by atoms with Crippen molar-refractivity contribution in [3.63, 3.8) is 0 Å². The van der Waals surface area contributed by atoms with Crippen molar-refractivity contribution in [1.82, 2.24) is 20.9 Å². The highest BCUT2D eigenvalue weighted by atomic mass is 16.6. The Hall–Kier alpha value is -2.99. The summed E-state index contributed by atoms with van der Waals surface area (Å²) in [5.74, 6) is -1.97. The van der Waals surface area contributed by atoms with E-state index in [-0.39, 0.29) is 32.1 Å². The van der Waals surface area contributed by atoms with Gasteiger partial charge in [-0.25, -0.2) is 9.78 Å². The second-order valence-corrected chi connectivity index (χ2v) is 7.48. The molecule has 3 amide bonds. The lowest BCUT2D eigenvalue weighted by Crippen LogP contribution is -2.55. The zero-order chi connectivity index (χ0) is 23.5. The number of nitrogens with one attached hydrogen (secondary N) is 3. The zero-order valence-electron chi connectivity index (χ0n) is 18.5. The number of oxazole rings is 1. The first-order valence-electron chi connectivity index (χ1n) is 10.4. The van der Waals surface area contributed by atoms with Gasteiger partial charge in [-0.05, 0) is 12.3 Å². The third kappa shape index (κ3) is 7.61. The number of rotatable bonds is 10. The van der Waals surface area contributed by atoms with Gasteiger partial charge in [-0.15, -0.1) is 0 Å². The third-order valence-electron chi connectivity index (χ3n) is 4.77. The molecule has 2 heterocycles. The number of ether oxygens (including phenoxy) is 3. The number of Topliss-reactive ketones (excluding diaryl/α,β-unsaturated/α-hetero) is 1. The van der Waals surface area contributed by atoms with Crippen LogP contribution in [0.4, 0.5) is 4.79 Å². The summed E-state index contributed by atoms with van der Waals surface area (Å²) in [5, 5.41) is 7.54. The molecular formula is C20H30N4O8. The van der Waals surface area contributed by atoms with E-state index in [9.17, 15) is 19.2 Å². The lowest BCUT2D eigenvalue weighted by Gasteiger charge is -2.24. The van der Waals surface area contributed by atoms with Crippen LogP contribution in [0.5, 0.6) is 0 Å². The van der Waals surface area contributed by atoms with E-state index in [1.165, 1.54) is 6.39 Å². The molecule has 2 unspecified atom stereocenters. The molecule has 2 atom stereocenters. The first-order valence-corrected chi connectivity index (χ1v) is 10.4. The number of amides is 3. The van der Waals surface area contributed by atoms with Gasteiger partial charge in [0.25, 0.3) is 5.91 Å². The van der Waals surface area contributed by atoms with E-state index in [0.717, 1.165) is 0 Å². The van der Waals surface area contributed by atoms with Gasteiger partial charge in [-0.3, -0.25) is 14.4 Å². The number of hydrogen-bond donors (Lipinski definition) is 3. The van der Waals surface area contributed by atoms with Crippen molar-refractivity contribution in [3.8, 4) is 0 Å². The van der Waals surface area contributed by atoms with Gasteiger partial charge in [-0.2, -0.15) is 0 Å². The van der Waals surface area contributed by atoms with Crippen LogP contribution in [0.3, 0.4) is 0 Å². The van der Waals surface area contributed by atoms with Gasteiger partial charge >= 0.3 is 6.09 Å². The maximum Gasteiger partial charge on any atom is 0.407 e. The summed E-state index contributed by atoms with van der Waals surface area (Å²) in [7, 11) is 1.55. The Labute approximate surface area is 185 Å². The van der Waals surface area contributed by atoms with E-state index in [1.54, 1.807) is 21.0 Å². The van der Waals surface area contributed by atoms with Gasteiger partial charge in [0.1, 0.15) is 24.1 Å². The Morgan fingerprint density at radius 2 is 2.00 bits per heavy atom. The number of ketones is 1. The van der Waals surface area contributed by atoms with Crippen molar-refractivity contribution in [1.29, 1.82) is 0 Å². The van der Waals surface area contributed by atoms with Crippen molar-refractivity contribution in [2.24, 2.45) is 5.92 Å². The average Bonchev–Trinajstić information content (AvgIpc) is 3.22. The van der Waals surface area contributed by atoms with Crippen LogP contribution in [0, 0.1) is 5.92 Å². The molecule has 0 saturated heterocycles. The molecular weight excluding hydrogens is 424 g/mol. The Balaban J connectivity index is 1.93. The lowest BCUT2D eigenvalue weighted by atomic mass is 10.0. The fourth-order valence-corrected chi connectivity index (χ4v) is 3.00. The molecule has 1 aliphatic heterocycles. The number of carbonyl (C=O) groups excluding carboxylic acids is 4. The minimum atomic E-state index is -1.08. The number of fused-ring (bicyclic) bond motifs is 1. The highest BCUT2D eigenvalue weighted by Gasteiger charge is 2.33. The summed E-state index contributed by atoms with van der Waals surface area (Å²) in [6.07, 6.45) is 0.931. The predicted molar refractivity (Wildman–Crippen MR) is 109 cm³/mol. The van der Waals surface area contributed by atoms with Crippen LogP contribution < -0.4 is 16.0 Å². The number of aromatic nitrogens is 1. The summed E-state index contributed by atoms with van der Waals surface area (Å²) in [6, 6.07) is -2.05. The largest absolute Gasteiger partial charge is 0.448 e. The first kappa shape index (κ1) is 25.3. The van der Waals surface area contributed by atoms with Gasteiger partial charge in [0.15, 0.2) is 6.39 Å². The molecule has 12 heteroatoms. The second kappa shape index (κ2) is 12.8. The summed E-state index contributed by atoms with van der Waals surface area (Å²) in [4.78, 5) is 53.6. The molecule has 1 aliphatic rings. The van der Waals surface area contributed by atoms with E-state index in [1.807, 2.05) is 0 Å². The molecule has 178 valence electrons. The molecule has 0 fully saturated rings. The van der Waals surface area contributed by atoms with E-state index in [4.69, 9.17) is 18.6 Å². The van der Waals surface area contributed by atoms with Crippen molar-refractivity contribution in [3.05, 3.63) is 17.8 Å². The van der Waals surface area contributed by atoms with Crippen molar-refractivity contribution in [2.75, 3.05) is 33.5 Å². The second-order valence-electron chi connectivity index (χ2n) is 7.48. The molecule has 0 aliphatic carbocycles. The van der Waals surface area contributed by atoms with Crippen LogP contribution in [0.1, 0.15) is 31.7 Å². The zero-order valence-corrected chi connectivity index (χ0v) is 18.5. The highest BCUT2D eigenvalue weighted by molar-refractivity contribution is 6.38.